The number of nitrogens with one attached hydrogen (secondary N) is 1. The normalized spacial score (nSPS) is 12.7. The summed E-state index contributed by atoms with van der Waals surface area (Å²) in [5, 5.41) is 5.89. The predicted molar refractivity (Wildman–Crippen MR) is 100 cm³/mol. The van der Waals surface area contributed by atoms with Crippen LogP contribution in [0.15, 0.2) is 39.9 Å². The van der Waals surface area contributed by atoms with E-state index in [0.29, 0.717) is 5.56 Å². The third-order valence-corrected chi connectivity index (χ3v) is 6.35. The molecule has 0 radical (unpaired) electrons. The molecular weight excluding hydrogens is 400 g/mol. The Hall–Kier alpha value is -1.94. The molecule has 26 heavy (non-hydrogen) atoms. The molecule has 1 N–H and O–H groups in total. The average molecular weight is 417 g/mol. The number of hydrogen-bond acceptors (Lipinski definition) is 6. The van der Waals surface area contributed by atoms with Crippen LogP contribution in [0.5, 0.6) is 0 Å². The average Bonchev–Trinajstić information content (AvgIpc) is 3.10. The minimum Gasteiger partial charge on any atom is -0.449 e. The molecule has 0 aliphatic rings. The van der Waals surface area contributed by atoms with Gasteiger partial charge in [0.2, 0.25) is 10.0 Å². The number of nitrogens with zero attached hydrogens (tertiary/aromatic N) is 1. The van der Waals surface area contributed by atoms with E-state index < -0.39 is 28.0 Å². The van der Waals surface area contributed by atoms with Gasteiger partial charge in [0, 0.05) is 25.2 Å². The number of ether oxygens (including phenoxy) is 1. The Kier molecular flexibility index (Phi) is 6.40. The summed E-state index contributed by atoms with van der Waals surface area (Å²) >= 11 is 7.30. The maximum absolute atomic E-state index is 12.3. The highest BCUT2D eigenvalue weighted by Gasteiger charge is 2.23. The third kappa shape index (κ3) is 4.61. The van der Waals surface area contributed by atoms with Gasteiger partial charge in [-0.05, 0) is 36.6 Å². The number of carbonyl (C=O) groups is 2. The number of benzene rings is 1. The summed E-state index contributed by atoms with van der Waals surface area (Å²) in [6.07, 6.45) is -1.06. The van der Waals surface area contributed by atoms with Crippen LogP contribution < -0.4 is 5.32 Å². The van der Waals surface area contributed by atoms with E-state index in [4.69, 9.17) is 16.3 Å². The van der Waals surface area contributed by atoms with Gasteiger partial charge in [-0.1, -0.05) is 11.6 Å². The summed E-state index contributed by atoms with van der Waals surface area (Å²) in [5.74, 6) is -1.20. The number of anilines is 1. The summed E-state index contributed by atoms with van der Waals surface area (Å²) in [7, 11) is -1.01. The van der Waals surface area contributed by atoms with Gasteiger partial charge in [0.25, 0.3) is 5.91 Å². The van der Waals surface area contributed by atoms with Crippen LogP contribution in [0, 0.1) is 0 Å². The molecular formula is C16H17ClN2O5S2. The van der Waals surface area contributed by atoms with Gasteiger partial charge in [0.1, 0.15) is 4.90 Å². The molecule has 0 fully saturated rings. The van der Waals surface area contributed by atoms with Gasteiger partial charge in [-0.2, -0.15) is 11.3 Å². The predicted octanol–water partition coefficient (Wildman–Crippen LogP) is 2.84. The van der Waals surface area contributed by atoms with Gasteiger partial charge >= 0.3 is 5.97 Å². The SMILES string of the molecule is C[C@H](OC(=O)c1ccsc1)C(=O)Nc1ccc(Cl)c(S(=O)(=O)N(C)C)c1. The molecule has 0 saturated carbocycles. The summed E-state index contributed by atoms with van der Waals surface area (Å²) in [6.45, 7) is 1.42. The molecule has 2 rings (SSSR count). The Bertz CT molecular complexity index is 911. The molecule has 0 aliphatic heterocycles. The highest BCUT2D eigenvalue weighted by atomic mass is 35.5. The highest BCUT2D eigenvalue weighted by Crippen LogP contribution is 2.27. The second-order valence-electron chi connectivity index (χ2n) is 5.48. The zero-order valence-electron chi connectivity index (χ0n) is 14.2. The number of hydrogen-bond donors (Lipinski definition) is 1. The maximum Gasteiger partial charge on any atom is 0.339 e. The zero-order chi connectivity index (χ0) is 19.5. The molecule has 10 heteroatoms. The van der Waals surface area contributed by atoms with Crippen LogP contribution in [0.25, 0.3) is 0 Å². The van der Waals surface area contributed by atoms with Gasteiger partial charge in [-0.3, -0.25) is 4.79 Å². The molecule has 0 spiro atoms. The molecule has 1 atom stereocenters. The number of esters is 1. The quantitative estimate of drug-likeness (QED) is 0.731. The van der Waals surface area contributed by atoms with Crippen molar-refractivity contribution in [2.75, 3.05) is 19.4 Å². The lowest BCUT2D eigenvalue weighted by molar-refractivity contribution is -0.123. The van der Waals surface area contributed by atoms with E-state index >= 15 is 0 Å². The fraction of sp³-hybridized carbons (Fsp3) is 0.250. The molecule has 7 nitrogen and oxygen atoms in total. The molecule has 0 unspecified atom stereocenters. The Morgan fingerprint density at radius 3 is 2.54 bits per heavy atom. The minimum atomic E-state index is -3.77. The van der Waals surface area contributed by atoms with Crippen molar-refractivity contribution in [2.45, 2.75) is 17.9 Å². The van der Waals surface area contributed by atoms with Gasteiger partial charge in [0.05, 0.1) is 10.6 Å². The highest BCUT2D eigenvalue weighted by molar-refractivity contribution is 7.89. The van der Waals surface area contributed by atoms with Crippen molar-refractivity contribution in [2.24, 2.45) is 0 Å². The molecule has 1 amide bonds. The van der Waals surface area contributed by atoms with Gasteiger partial charge < -0.3 is 10.1 Å². The van der Waals surface area contributed by atoms with E-state index in [1.54, 1.807) is 16.8 Å². The smallest absolute Gasteiger partial charge is 0.339 e. The van der Waals surface area contributed by atoms with E-state index in [0.717, 1.165) is 4.31 Å². The van der Waals surface area contributed by atoms with Crippen molar-refractivity contribution in [3.8, 4) is 0 Å². The van der Waals surface area contributed by atoms with Crippen molar-refractivity contribution < 1.29 is 22.7 Å². The van der Waals surface area contributed by atoms with E-state index in [2.05, 4.69) is 5.32 Å². The zero-order valence-corrected chi connectivity index (χ0v) is 16.6. The minimum absolute atomic E-state index is 0.0358. The second-order valence-corrected chi connectivity index (χ2v) is 8.79. The van der Waals surface area contributed by atoms with Crippen molar-refractivity contribution in [3.05, 3.63) is 45.6 Å². The van der Waals surface area contributed by atoms with Crippen molar-refractivity contribution in [3.63, 3.8) is 0 Å². The number of amides is 1. The van der Waals surface area contributed by atoms with Gasteiger partial charge in [-0.15, -0.1) is 0 Å². The van der Waals surface area contributed by atoms with Gasteiger partial charge in [0.15, 0.2) is 6.10 Å². The topological polar surface area (TPSA) is 92.8 Å². The molecule has 0 aliphatic carbocycles. The lowest BCUT2D eigenvalue weighted by Crippen LogP contribution is -2.30. The van der Waals surface area contributed by atoms with Crippen LogP contribution in [0.4, 0.5) is 5.69 Å². The summed E-state index contributed by atoms with van der Waals surface area (Å²) in [4.78, 5) is 24.0. The summed E-state index contributed by atoms with van der Waals surface area (Å²) in [5.41, 5.74) is 0.582. The molecule has 0 saturated heterocycles. The number of carbonyl (C=O) groups excluding carboxylic acids is 2. The van der Waals surface area contributed by atoms with Crippen molar-refractivity contribution in [1.29, 1.82) is 0 Å². The Morgan fingerprint density at radius 2 is 1.96 bits per heavy atom. The van der Waals surface area contributed by atoms with Crippen LogP contribution in [-0.4, -0.2) is 44.8 Å². The van der Waals surface area contributed by atoms with Crippen molar-refractivity contribution in [1.82, 2.24) is 4.31 Å². The van der Waals surface area contributed by atoms with Crippen molar-refractivity contribution >= 4 is 50.5 Å². The fourth-order valence-corrected chi connectivity index (χ4v) is 3.90. The number of sulfonamides is 1. The van der Waals surface area contributed by atoms with E-state index in [-0.39, 0.29) is 15.6 Å². The lowest BCUT2D eigenvalue weighted by atomic mass is 10.3. The van der Waals surface area contributed by atoms with Crippen LogP contribution in [0.2, 0.25) is 5.02 Å². The Balaban J connectivity index is 2.13. The molecule has 2 aromatic rings. The van der Waals surface area contributed by atoms with E-state index in [1.165, 1.54) is 50.6 Å². The Morgan fingerprint density at radius 1 is 1.27 bits per heavy atom. The number of halogens is 1. The first-order chi connectivity index (χ1) is 12.1. The Labute approximate surface area is 160 Å². The number of rotatable bonds is 6. The van der Waals surface area contributed by atoms with E-state index in [1.807, 2.05) is 0 Å². The molecule has 1 aromatic heterocycles. The van der Waals surface area contributed by atoms with Crippen LogP contribution in [0.1, 0.15) is 17.3 Å². The standard InChI is InChI=1S/C16H17ClN2O5S2/c1-10(24-16(21)11-6-7-25-9-11)15(20)18-12-4-5-13(17)14(8-12)26(22,23)19(2)3/h4-10H,1-3H3,(H,18,20)/t10-/m0/s1. The summed E-state index contributed by atoms with van der Waals surface area (Å²) < 4.78 is 30.6. The largest absolute Gasteiger partial charge is 0.449 e. The summed E-state index contributed by atoms with van der Waals surface area (Å²) in [6, 6.07) is 5.68. The molecule has 140 valence electrons. The molecule has 1 aromatic carbocycles. The maximum atomic E-state index is 12.3. The fourth-order valence-electron chi connectivity index (χ4n) is 1.88. The number of thiophene rings is 1. The van der Waals surface area contributed by atoms with E-state index in [9.17, 15) is 18.0 Å². The van der Waals surface area contributed by atoms with Crippen LogP contribution in [-0.2, 0) is 19.6 Å². The molecule has 0 bridgehead atoms. The first-order valence-corrected chi connectivity index (χ1v) is 10.1. The third-order valence-electron chi connectivity index (χ3n) is 3.37. The second kappa shape index (κ2) is 8.17. The monoisotopic (exact) mass is 416 g/mol. The molecule has 1 heterocycles. The first-order valence-electron chi connectivity index (χ1n) is 7.39. The first kappa shape index (κ1) is 20.4. The lowest BCUT2D eigenvalue weighted by Gasteiger charge is -2.16. The van der Waals surface area contributed by atoms with Crippen LogP contribution in [0.3, 0.4) is 0 Å². The van der Waals surface area contributed by atoms with Gasteiger partial charge in [-0.25, -0.2) is 17.5 Å². The van der Waals surface area contributed by atoms with Crippen LogP contribution >= 0.6 is 22.9 Å².